The molecule has 1 aromatic rings. The molecule has 5 heteroatoms. The molecule has 0 spiro atoms. The van der Waals surface area contributed by atoms with Gasteiger partial charge in [0.05, 0.1) is 6.54 Å². The van der Waals surface area contributed by atoms with Crippen LogP contribution in [0.2, 0.25) is 0 Å². The molecule has 0 unspecified atom stereocenters. The Morgan fingerprint density at radius 2 is 2.38 bits per heavy atom. The molecular weight excluding hydrogens is 204 g/mol. The fraction of sp³-hybridized carbons (Fsp3) is 0.455. The first kappa shape index (κ1) is 10.9. The van der Waals surface area contributed by atoms with E-state index in [9.17, 15) is 4.79 Å². The summed E-state index contributed by atoms with van der Waals surface area (Å²) in [7, 11) is 0. The van der Waals surface area contributed by atoms with E-state index in [1.165, 1.54) is 0 Å². The van der Waals surface area contributed by atoms with E-state index >= 15 is 0 Å². The van der Waals surface area contributed by atoms with Crippen molar-refractivity contribution in [1.82, 2.24) is 15.2 Å². The predicted molar refractivity (Wildman–Crippen MR) is 61.8 cm³/mol. The summed E-state index contributed by atoms with van der Waals surface area (Å²) in [5, 5.41) is 2.81. The Bertz CT molecular complexity index is 363. The minimum Gasteiger partial charge on any atom is -0.384 e. The van der Waals surface area contributed by atoms with Crippen molar-refractivity contribution in [2.45, 2.75) is 6.42 Å². The van der Waals surface area contributed by atoms with E-state index in [0.717, 1.165) is 31.6 Å². The number of rotatable bonds is 3. The topological polar surface area (TPSA) is 71.2 Å². The van der Waals surface area contributed by atoms with E-state index in [1.54, 1.807) is 12.3 Å². The number of carbonyl (C=O) groups is 1. The normalized spacial score (nSPS) is 17.1. The van der Waals surface area contributed by atoms with Crippen LogP contribution in [0.15, 0.2) is 18.3 Å². The van der Waals surface area contributed by atoms with Gasteiger partial charge in [-0.2, -0.15) is 0 Å². The van der Waals surface area contributed by atoms with Crippen molar-refractivity contribution < 1.29 is 4.79 Å². The molecule has 2 rings (SSSR count). The van der Waals surface area contributed by atoms with Crippen molar-refractivity contribution in [3.8, 4) is 0 Å². The van der Waals surface area contributed by atoms with Gasteiger partial charge in [-0.1, -0.05) is 6.07 Å². The van der Waals surface area contributed by atoms with Gasteiger partial charge in [-0.25, -0.2) is 4.98 Å². The Balaban J connectivity index is 1.82. The summed E-state index contributed by atoms with van der Waals surface area (Å²) < 4.78 is 0. The van der Waals surface area contributed by atoms with Gasteiger partial charge in [-0.3, -0.25) is 9.69 Å². The number of nitrogens with zero attached hydrogens (tertiary/aromatic N) is 2. The maximum absolute atomic E-state index is 11.1. The van der Waals surface area contributed by atoms with Gasteiger partial charge in [0.2, 0.25) is 5.91 Å². The first-order valence-electron chi connectivity index (χ1n) is 5.43. The predicted octanol–water partition coefficient (Wildman–Crippen LogP) is -0.362. The van der Waals surface area contributed by atoms with Crippen LogP contribution in [0.1, 0.15) is 5.56 Å². The van der Waals surface area contributed by atoms with Crippen LogP contribution < -0.4 is 11.1 Å². The van der Waals surface area contributed by atoms with Crippen molar-refractivity contribution in [2.75, 3.05) is 31.9 Å². The van der Waals surface area contributed by atoms with Gasteiger partial charge < -0.3 is 11.1 Å². The first-order chi connectivity index (χ1) is 7.74. The molecule has 0 saturated carbocycles. The first-order valence-corrected chi connectivity index (χ1v) is 5.43. The summed E-state index contributed by atoms with van der Waals surface area (Å²) in [5.41, 5.74) is 6.66. The van der Waals surface area contributed by atoms with Crippen LogP contribution in [0, 0.1) is 0 Å². The second kappa shape index (κ2) is 4.94. The van der Waals surface area contributed by atoms with E-state index in [1.807, 2.05) is 6.07 Å². The molecule has 1 amide bonds. The van der Waals surface area contributed by atoms with Crippen molar-refractivity contribution in [1.29, 1.82) is 0 Å². The third kappa shape index (κ3) is 2.93. The molecule has 5 nitrogen and oxygen atoms in total. The summed E-state index contributed by atoms with van der Waals surface area (Å²) in [5.74, 6) is 0.655. The van der Waals surface area contributed by atoms with Gasteiger partial charge in [0.1, 0.15) is 5.82 Å². The minimum absolute atomic E-state index is 0.113. The minimum atomic E-state index is 0.113. The lowest BCUT2D eigenvalue weighted by Gasteiger charge is -2.26. The molecular formula is C11H16N4O. The van der Waals surface area contributed by atoms with Gasteiger partial charge in [0.15, 0.2) is 0 Å². The molecule has 1 aliphatic heterocycles. The smallest absolute Gasteiger partial charge is 0.234 e. The fourth-order valence-corrected chi connectivity index (χ4v) is 1.75. The van der Waals surface area contributed by atoms with Crippen LogP contribution in [0.4, 0.5) is 5.82 Å². The average molecular weight is 220 g/mol. The van der Waals surface area contributed by atoms with Crippen LogP contribution in [0.25, 0.3) is 0 Å². The molecule has 1 aromatic heterocycles. The number of piperazine rings is 1. The van der Waals surface area contributed by atoms with Gasteiger partial charge in [-0.05, 0) is 18.1 Å². The number of anilines is 1. The molecule has 0 bridgehead atoms. The monoisotopic (exact) mass is 220 g/mol. The van der Waals surface area contributed by atoms with E-state index in [2.05, 4.69) is 15.2 Å². The van der Waals surface area contributed by atoms with Gasteiger partial charge in [0, 0.05) is 25.8 Å². The van der Waals surface area contributed by atoms with E-state index in [-0.39, 0.29) is 5.91 Å². The number of aromatic nitrogens is 1. The molecule has 0 atom stereocenters. The van der Waals surface area contributed by atoms with Crippen LogP contribution >= 0.6 is 0 Å². The lowest BCUT2D eigenvalue weighted by Crippen LogP contribution is -2.48. The summed E-state index contributed by atoms with van der Waals surface area (Å²) in [4.78, 5) is 17.3. The van der Waals surface area contributed by atoms with Crippen molar-refractivity contribution in [3.05, 3.63) is 23.9 Å². The molecule has 86 valence electrons. The molecule has 2 heterocycles. The third-order valence-corrected chi connectivity index (χ3v) is 2.68. The quantitative estimate of drug-likeness (QED) is 0.729. The number of amides is 1. The van der Waals surface area contributed by atoms with Crippen LogP contribution in [-0.2, 0) is 11.2 Å². The molecule has 3 N–H and O–H groups in total. The maximum Gasteiger partial charge on any atom is 0.234 e. The summed E-state index contributed by atoms with van der Waals surface area (Å²) in [6.07, 6.45) is 2.69. The van der Waals surface area contributed by atoms with Crippen LogP contribution in [0.5, 0.6) is 0 Å². The number of nitrogen functional groups attached to an aromatic ring is 1. The Hall–Kier alpha value is -1.62. The SMILES string of the molecule is Nc1ccc(CCN2CCNC(=O)C2)cn1. The Kier molecular flexibility index (Phi) is 3.36. The molecule has 0 radical (unpaired) electrons. The highest BCUT2D eigenvalue weighted by atomic mass is 16.2. The number of nitrogens with one attached hydrogen (secondary N) is 1. The highest BCUT2D eigenvalue weighted by Crippen LogP contribution is 2.04. The zero-order valence-electron chi connectivity index (χ0n) is 9.15. The second-order valence-electron chi connectivity index (χ2n) is 3.97. The number of hydrogen-bond donors (Lipinski definition) is 2. The average Bonchev–Trinajstić information content (AvgIpc) is 2.28. The second-order valence-corrected chi connectivity index (χ2v) is 3.97. The van der Waals surface area contributed by atoms with Crippen molar-refractivity contribution >= 4 is 11.7 Å². The number of pyridine rings is 1. The molecule has 16 heavy (non-hydrogen) atoms. The lowest BCUT2D eigenvalue weighted by molar-refractivity contribution is -0.124. The van der Waals surface area contributed by atoms with Gasteiger partial charge in [-0.15, -0.1) is 0 Å². The van der Waals surface area contributed by atoms with Gasteiger partial charge >= 0.3 is 0 Å². The summed E-state index contributed by atoms with van der Waals surface area (Å²) >= 11 is 0. The summed E-state index contributed by atoms with van der Waals surface area (Å²) in [6.45, 7) is 3.06. The third-order valence-electron chi connectivity index (χ3n) is 2.68. The van der Waals surface area contributed by atoms with Crippen LogP contribution in [0.3, 0.4) is 0 Å². The molecule has 1 aliphatic rings. The standard InChI is InChI=1S/C11H16N4O/c12-10-2-1-9(7-14-10)3-5-15-6-4-13-11(16)8-15/h1-2,7H,3-6,8H2,(H2,12,14)(H,13,16). The molecule has 0 aromatic carbocycles. The number of hydrogen-bond acceptors (Lipinski definition) is 4. The highest BCUT2D eigenvalue weighted by molar-refractivity contribution is 5.78. The van der Waals surface area contributed by atoms with Crippen LogP contribution in [-0.4, -0.2) is 42.0 Å². The Morgan fingerprint density at radius 1 is 1.50 bits per heavy atom. The Labute approximate surface area is 94.6 Å². The fourth-order valence-electron chi connectivity index (χ4n) is 1.75. The summed E-state index contributed by atoms with van der Waals surface area (Å²) in [6, 6.07) is 3.78. The molecule has 1 fully saturated rings. The highest BCUT2D eigenvalue weighted by Gasteiger charge is 2.15. The number of carbonyl (C=O) groups excluding carboxylic acids is 1. The zero-order valence-corrected chi connectivity index (χ0v) is 9.15. The number of nitrogens with two attached hydrogens (primary N) is 1. The molecule has 0 aliphatic carbocycles. The maximum atomic E-state index is 11.1. The van der Waals surface area contributed by atoms with E-state index in [4.69, 9.17) is 5.73 Å². The largest absolute Gasteiger partial charge is 0.384 e. The van der Waals surface area contributed by atoms with Crippen molar-refractivity contribution in [2.24, 2.45) is 0 Å². The van der Waals surface area contributed by atoms with Gasteiger partial charge in [0.25, 0.3) is 0 Å². The Morgan fingerprint density at radius 3 is 3.06 bits per heavy atom. The lowest BCUT2D eigenvalue weighted by atomic mass is 10.2. The van der Waals surface area contributed by atoms with E-state index in [0.29, 0.717) is 12.4 Å². The van der Waals surface area contributed by atoms with Crippen molar-refractivity contribution in [3.63, 3.8) is 0 Å². The molecule has 1 saturated heterocycles. The zero-order chi connectivity index (χ0) is 11.4. The van der Waals surface area contributed by atoms with E-state index < -0.39 is 0 Å².